The minimum atomic E-state index is -0.377. The zero-order valence-electron chi connectivity index (χ0n) is 13.9. The van der Waals surface area contributed by atoms with E-state index in [9.17, 15) is 4.79 Å². The highest BCUT2D eigenvalue weighted by Crippen LogP contribution is 2.25. The second-order valence-electron chi connectivity index (χ2n) is 5.77. The number of amides is 1. The van der Waals surface area contributed by atoms with Crippen molar-refractivity contribution in [2.75, 3.05) is 0 Å². The number of hydrogen-bond donors (Lipinski definition) is 2. The summed E-state index contributed by atoms with van der Waals surface area (Å²) in [5.74, 6) is 0.197. The number of benzene rings is 1. The summed E-state index contributed by atoms with van der Waals surface area (Å²) in [4.78, 5) is 21.6. The second-order valence-corrected chi connectivity index (χ2v) is 5.77. The molecule has 2 N–H and O–H groups in total. The van der Waals surface area contributed by atoms with Gasteiger partial charge < -0.3 is 5.32 Å². The molecule has 0 radical (unpaired) electrons. The topological polar surface area (TPSA) is 109 Å². The van der Waals surface area contributed by atoms with Crippen LogP contribution in [0.2, 0.25) is 0 Å². The Labute approximate surface area is 148 Å². The van der Waals surface area contributed by atoms with E-state index in [1.165, 1.54) is 0 Å². The number of nitrogens with zero attached hydrogens (tertiary/aromatic N) is 5. The van der Waals surface area contributed by atoms with Crippen LogP contribution in [0.25, 0.3) is 22.2 Å². The molecule has 0 aliphatic rings. The maximum atomic E-state index is 12.9. The normalized spacial score (nSPS) is 12.0. The molecule has 0 aliphatic carbocycles. The van der Waals surface area contributed by atoms with Crippen molar-refractivity contribution in [2.24, 2.45) is 0 Å². The van der Waals surface area contributed by atoms with Gasteiger partial charge in [-0.25, -0.2) is 4.98 Å². The highest BCUT2D eigenvalue weighted by Gasteiger charge is 2.18. The van der Waals surface area contributed by atoms with Gasteiger partial charge in [0.05, 0.1) is 22.8 Å². The van der Waals surface area contributed by atoms with Gasteiger partial charge in [-0.3, -0.25) is 9.78 Å². The number of aromatic amines is 1. The number of tetrazole rings is 1. The average Bonchev–Trinajstić information content (AvgIpc) is 3.23. The van der Waals surface area contributed by atoms with Crippen LogP contribution in [0.15, 0.2) is 54.9 Å². The fourth-order valence-electron chi connectivity index (χ4n) is 2.73. The van der Waals surface area contributed by atoms with Gasteiger partial charge in [-0.15, -0.1) is 10.2 Å². The van der Waals surface area contributed by atoms with Crippen LogP contribution in [0.4, 0.5) is 0 Å². The summed E-state index contributed by atoms with van der Waals surface area (Å²) in [6.07, 6.45) is 3.40. The van der Waals surface area contributed by atoms with Crippen LogP contribution >= 0.6 is 0 Å². The van der Waals surface area contributed by atoms with Crippen LogP contribution in [-0.4, -0.2) is 36.5 Å². The highest BCUT2D eigenvalue weighted by molar-refractivity contribution is 6.07. The Morgan fingerprint density at radius 1 is 1.15 bits per heavy atom. The van der Waals surface area contributed by atoms with E-state index in [2.05, 4.69) is 35.9 Å². The summed E-state index contributed by atoms with van der Waals surface area (Å²) in [7, 11) is 0. The molecule has 0 saturated heterocycles. The molecule has 0 aliphatic heterocycles. The molecule has 4 rings (SSSR count). The van der Waals surface area contributed by atoms with Gasteiger partial charge in [-0.2, -0.15) is 5.21 Å². The predicted octanol–water partition coefficient (Wildman–Crippen LogP) is 2.30. The summed E-state index contributed by atoms with van der Waals surface area (Å²) < 4.78 is 0. The monoisotopic (exact) mass is 345 g/mol. The molecule has 3 aromatic heterocycles. The van der Waals surface area contributed by atoms with Gasteiger partial charge in [0.2, 0.25) is 0 Å². The number of aromatic nitrogens is 6. The molecule has 26 heavy (non-hydrogen) atoms. The molecule has 128 valence electrons. The van der Waals surface area contributed by atoms with Crippen molar-refractivity contribution in [3.8, 4) is 11.3 Å². The smallest absolute Gasteiger partial charge is 0.252 e. The van der Waals surface area contributed by atoms with Crippen molar-refractivity contribution >= 4 is 16.8 Å². The number of hydrogen-bond acceptors (Lipinski definition) is 6. The maximum absolute atomic E-state index is 12.9. The number of nitrogens with one attached hydrogen (secondary N) is 2. The van der Waals surface area contributed by atoms with Crippen molar-refractivity contribution in [1.29, 1.82) is 0 Å². The van der Waals surface area contributed by atoms with Gasteiger partial charge in [0, 0.05) is 23.3 Å². The van der Waals surface area contributed by atoms with E-state index in [1.807, 2.05) is 36.4 Å². The predicted molar refractivity (Wildman–Crippen MR) is 95.0 cm³/mol. The van der Waals surface area contributed by atoms with Gasteiger partial charge in [-0.1, -0.05) is 23.4 Å². The lowest BCUT2D eigenvalue weighted by atomic mass is 10.0. The molecule has 1 unspecified atom stereocenters. The highest BCUT2D eigenvalue weighted by atomic mass is 16.1. The molecule has 0 saturated carbocycles. The lowest BCUT2D eigenvalue weighted by Crippen LogP contribution is -2.27. The van der Waals surface area contributed by atoms with E-state index in [4.69, 9.17) is 0 Å². The number of para-hydroxylation sites is 1. The van der Waals surface area contributed by atoms with E-state index in [-0.39, 0.29) is 11.9 Å². The minimum absolute atomic E-state index is 0.226. The second kappa shape index (κ2) is 6.67. The van der Waals surface area contributed by atoms with Crippen molar-refractivity contribution in [1.82, 2.24) is 35.9 Å². The van der Waals surface area contributed by atoms with Crippen molar-refractivity contribution < 1.29 is 4.79 Å². The average molecular weight is 345 g/mol. The fourth-order valence-corrected chi connectivity index (χ4v) is 2.73. The third kappa shape index (κ3) is 3.00. The van der Waals surface area contributed by atoms with E-state index in [1.54, 1.807) is 25.4 Å². The molecule has 3 heterocycles. The quantitative estimate of drug-likeness (QED) is 0.587. The number of rotatable bonds is 4. The largest absolute Gasteiger partial charge is 0.342 e. The van der Waals surface area contributed by atoms with Crippen molar-refractivity contribution in [3.05, 3.63) is 66.2 Å². The summed E-state index contributed by atoms with van der Waals surface area (Å²) >= 11 is 0. The van der Waals surface area contributed by atoms with Crippen LogP contribution in [0, 0.1) is 0 Å². The molecule has 0 spiro atoms. The standard InChI is InChI=1S/C18H15N7O/c1-11(17-22-24-25-23-17)20-18(26)14-10-16(12-6-8-19-9-7-12)21-15-5-3-2-4-13(14)15/h2-11H,1H3,(H,20,26)(H,22,23,24,25). The zero-order chi connectivity index (χ0) is 17.9. The van der Waals surface area contributed by atoms with Gasteiger partial charge in [0.25, 0.3) is 5.91 Å². The first-order valence-corrected chi connectivity index (χ1v) is 8.07. The number of H-pyrrole nitrogens is 1. The molecule has 8 nitrogen and oxygen atoms in total. The van der Waals surface area contributed by atoms with Crippen LogP contribution in [0.1, 0.15) is 29.1 Å². The van der Waals surface area contributed by atoms with E-state index < -0.39 is 0 Å². The first-order valence-electron chi connectivity index (χ1n) is 8.07. The van der Waals surface area contributed by atoms with Crippen LogP contribution in [0.5, 0.6) is 0 Å². The van der Waals surface area contributed by atoms with Crippen molar-refractivity contribution in [3.63, 3.8) is 0 Å². The SMILES string of the molecule is CC(NC(=O)c1cc(-c2ccncc2)nc2ccccc12)c1nn[nH]n1. The van der Waals surface area contributed by atoms with Crippen molar-refractivity contribution in [2.45, 2.75) is 13.0 Å². The van der Waals surface area contributed by atoms with E-state index >= 15 is 0 Å². The Balaban J connectivity index is 1.76. The molecule has 4 aromatic rings. The van der Waals surface area contributed by atoms with Gasteiger partial charge in [0.1, 0.15) is 0 Å². The summed E-state index contributed by atoms with van der Waals surface area (Å²) in [6.45, 7) is 1.80. The molecule has 0 fully saturated rings. The lowest BCUT2D eigenvalue weighted by molar-refractivity contribution is 0.0940. The molecule has 0 bridgehead atoms. The lowest BCUT2D eigenvalue weighted by Gasteiger charge is -2.13. The summed E-state index contributed by atoms with van der Waals surface area (Å²) in [5.41, 5.74) is 2.89. The van der Waals surface area contributed by atoms with Gasteiger partial charge in [-0.05, 0) is 31.2 Å². The first-order chi connectivity index (χ1) is 12.7. The third-order valence-corrected chi connectivity index (χ3v) is 4.03. The number of carbonyl (C=O) groups is 1. The fraction of sp³-hybridized carbons (Fsp3) is 0.111. The van der Waals surface area contributed by atoms with Crippen LogP contribution in [0.3, 0.4) is 0 Å². The molecular formula is C18H15N7O. The van der Waals surface area contributed by atoms with Crippen LogP contribution < -0.4 is 5.32 Å². The third-order valence-electron chi connectivity index (χ3n) is 4.03. The molecule has 1 aromatic carbocycles. The van der Waals surface area contributed by atoms with Crippen LogP contribution in [-0.2, 0) is 0 Å². The number of pyridine rings is 2. The van der Waals surface area contributed by atoms with E-state index in [0.29, 0.717) is 17.1 Å². The number of carbonyl (C=O) groups excluding carboxylic acids is 1. The van der Waals surface area contributed by atoms with Gasteiger partial charge >= 0.3 is 0 Å². The zero-order valence-corrected chi connectivity index (χ0v) is 13.9. The summed E-state index contributed by atoms with van der Waals surface area (Å²) in [6, 6.07) is 12.7. The van der Waals surface area contributed by atoms with Gasteiger partial charge in [0.15, 0.2) is 5.82 Å². The Hall–Kier alpha value is -3.68. The Morgan fingerprint density at radius 2 is 1.96 bits per heavy atom. The van der Waals surface area contributed by atoms with E-state index in [0.717, 1.165) is 16.5 Å². The Bertz CT molecular complexity index is 1050. The molecular weight excluding hydrogens is 330 g/mol. The molecule has 1 amide bonds. The first kappa shape index (κ1) is 15.8. The number of fused-ring (bicyclic) bond motifs is 1. The summed E-state index contributed by atoms with van der Waals surface area (Å²) in [5, 5.41) is 17.4. The minimum Gasteiger partial charge on any atom is -0.342 e. The maximum Gasteiger partial charge on any atom is 0.252 e. The molecule has 8 heteroatoms. The Morgan fingerprint density at radius 3 is 2.73 bits per heavy atom. The molecule has 1 atom stereocenters. The Kier molecular flexibility index (Phi) is 4.06.